The van der Waals surface area contributed by atoms with Crippen LogP contribution in [-0.2, 0) is 9.59 Å². The van der Waals surface area contributed by atoms with Gasteiger partial charge in [-0.05, 0) is 24.0 Å². The summed E-state index contributed by atoms with van der Waals surface area (Å²) in [4.78, 5) is 23.5. The van der Waals surface area contributed by atoms with Crippen molar-refractivity contribution in [2.24, 2.45) is 11.8 Å². The molecule has 0 bridgehead atoms. The summed E-state index contributed by atoms with van der Waals surface area (Å²) in [5, 5.41) is 0. The van der Waals surface area contributed by atoms with Crippen LogP contribution in [0.1, 0.15) is 13.3 Å². The number of ether oxygens (including phenoxy) is 1. The maximum atomic E-state index is 11.8. The molecule has 24 heavy (non-hydrogen) atoms. The van der Waals surface area contributed by atoms with Crippen molar-refractivity contribution < 1.29 is 14.3 Å². The average Bonchev–Trinajstić information content (AvgIpc) is 3.36. The number of hydrogen-bond donors (Lipinski definition) is 2. The van der Waals surface area contributed by atoms with E-state index in [1.165, 1.54) is 0 Å². The molecule has 0 heterocycles. The van der Waals surface area contributed by atoms with E-state index in [1.54, 1.807) is 0 Å². The molecule has 1 fully saturated rings. The number of benzene rings is 2. The summed E-state index contributed by atoms with van der Waals surface area (Å²) < 4.78 is 5.62. The van der Waals surface area contributed by atoms with Crippen LogP contribution in [0.5, 0.6) is 5.75 Å². The van der Waals surface area contributed by atoms with Crippen molar-refractivity contribution in [1.29, 1.82) is 0 Å². The number of para-hydroxylation sites is 1. The first-order valence-electron chi connectivity index (χ1n) is 8.01. The van der Waals surface area contributed by atoms with Gasteiger partial charge in [-0.2, -0.15) is 0 Å². The molecular weight excluding hydrogens is 304 g/mol. The van der Waals surface area contributed by atoms with E-state index >= 15 is 0 Å². The number of hydrazine groups is 1. The highest BCUT2D eigenvalue weighted by molar-refractivity contribution is 5.85. The van der Waals surface area contributed by atoms with Crippen LogP contribution in [0.15, 0.2) is 54.6 Å². The van der Waals surface area contributed by atoms with Crippen molar-refractivity contribution in [2.75, 3.05) is 6.61 Å². The van der Waals surface area contributed by atoms with Crippen molar-refractivity contribution in [1.82, 2.24) is 10.9 Å². The normalized spacial score (nSPS) is 18.5. The van der Waals surface area contributed by atoms with E-state index in [0.29, 0.717) is 11.7 Å². The standard InChI is InChI=1S/C19H20N2O3/c1-13-11-16(13)19(23)21-20-18(22)12-24-17-10-6-5-9-15(17)14-7-3-2-4-8-14/h2-10,13,16H,11-12H2,1H3,(H,20,22)(H,21,23). The van der Waals surface area contributed by atoms with Crippen molar-refractivity contribution in [2.45, 2.75) is 13.3 Å². The Morgan fingerprint density at radius 2 is 1.71 bits per heavy atom. The summed E-state index contributed by atoms with van der Waals surface area (Å²) in [5.74, 6) is 0.516. The van der Waals surface area contributed by atoms with Crippen LogP contribution in [0.4, 0.5) is 0 Å². The molecule has 1 saturated carbocycles. The first-order chi connectivity index (χ1) is 11.6. The van der Waals surface area contributed by atoms with Gasteiger partial charge in [0, 0.05) is 11.5 Å². The lowest BCUT2D eigenvalue weighted by Gasteiger charge is -2.12. The molecule has 2 atom stereocenters. The highest BCUT2D eigenvalue weighted by Crippen LogP contribution is 2.37. The van der Waals surface area contributed by atoms with Crippen LogP contribution in [0.2, 0.25) is 0 Å². The van der Waals surface area contributed by atoms with Crippen LogP contribution in [-0.4, -0.2) is 18.4 Å². The quantitative estimate of drug-likeness (QED) is 0.831. The Morgan fingerprint density at radius 3 is 2.42 bits per heavy atom. The smallest absolute Gasteiger partial charge is 0.276 e. The number of carbonyl (C=O) groups excluding carboxylic acids is 2. The number of nitrogens with one attached hydrogen (secondary N) is 2. The molecule has 2 unspecified atom stereocenters. The van der Waals surface area contributed by atoms with Crippen LogP contribution < -0.4 is 15.6 Å². The molecule has 0 aliphatic heterocycles. The Bertz CT molecular complexity index is 730. The monoisotopic (exact) mass is 324 g/mol. The third-order valence-corrected chi connectivity index (χ3v) is 4.10. The Labute approximate surface area is 141 Å². The lowest BCUT2D eigenvalue weighted by atomic mass is 10.1. The first-order valence-corrected chi connectivity index (χ1v) is 8.01. The zero-order chi connectivity index (χ0) is 16.9. The van der Waals surface area contributed by atoms with Gasteiger partial charge in [0.25, 0.3) is 5.91 Å². The van der Waals surface area contributed by atoms with Gasteiger partial charge in [-0.15, -0.1) is 0 Å². The molecule has 0 aromatic heterocycles. The highest BCUT2D eigenvalue weighted by Gasteiger charge is 2.39. The van der Waals surface area contributed by atoms with Gasteiger partial charge < -0.3 is 4.74 Å². The van der Waals surface area contributed by atoms with Gasteiger partial charge in [-0.3, -0.25) is 20.4 Å². The second-order valence-electron chi connectivity index (χ2n) is 6.01. The van der Waals surface area contributed by atoms with Gasteiger partial charge in [0.15, 0.2) is 6.61 Å². The van der Waals surface area contributed by atoms with E-state index in [0.717, 1.165) is 17.5 Å². The second kappa shape index (κ2) is 7.17. The predicted octanol–water partition coefficient (Wildman–Crippen LogP) is 2.54. The van der Waals surface area contributed by atoms with Gasteiger partial charge in [0.2, 0.25) is 5.91 Å². The summed E-state index contributed by atoms with van der Waals surface area (Å²) >= 11 is 0. The number of carbonyl (C=O) groups is 2. The SMILES string of the molecule is CC1CC1C(=O)NNC(=O)COc1ccccc1-c1ccccc1. The molecular formula is C19H20N2O3. The van der Waals surface area contributed by atoms with Crippen molar-refractivity contribution in [3.05, 3.63) is 54.6 Å². The van der Waals surface area contributed by atoms with E-state index in [2.05, 4.69) is 10.9 Å². The summed E-state index contributed by atoms with van der Waals surface area (Å²) in [6.07, 6.45) is 0.878. The third kappa shape index (κ3) is 3.93. The highest BCUT2D eigenvalue weighted by atomic mass is 16.5. The zero-order valence-corrected chi connectivity index (χ0v) is 13.5. The van der Waals surface area contributed by atoms with Crippen molar-refractivity contribution in [3.8, 4) is 16.9 Å². The van der Waals surface area contributed by atoms with Crippen LogP contribution in [0.3, 0.4) is 0 Å². The van der Waals surface area contributed by atoms with Gasteiger partial charge >= 0.3 is 0 Å². The van der Waals surface area contributed by atoms with E-state index < -0.39 is 0 Å². The zero-order valence-electron chi connectivity index (χ0n) is 13.5. The second-order valence-corrected chi connectivity index (χ2v) is 6.01. The summed E-state index contributed by atoms with van der Waals surface area (Å²) in [6.45, 7) is 1.85. The minimum Gasteiger partial charge on any atom is -0.483 e. The molecule has 1 aliphatic rings. The van der Waals surface area contributed by atoms with Gasteiger partial charge in [0.1, 0.15) is 5.75 Å². The number of hydrogen-bond acceptors (Lipinski definition) is 3. The number of amides is 2. The molecule has 2 N–H and O–H groups in total. The average molecular weight is 324 g/mol. The van der Waals surface area contributed by atoms with Crippen molar-refractivity contribution >= 4 is 11.8 Å². The molecule has 124 valence electrons. The largest absolute Gasteiger partial charge is 0.483 e. The molecule has 0 spiro atoms. The molecule has 2 aromatic carbocycles. The van der Waals surface area contributed by atoms with E-state index in [4.69, 9.17) is 4.74 Å². The maximum Gasteiger partial charge on any atom is 0.276 e. The lowest BCUT2D eigenvalue weighted by Crippen LogP contribution is -2.44. The molecule has 2 amide bonds. The predicted molar refractivity (Wildman–Crippen MR) is 90.9 cm³/mol. The minimum absolute atomic E-state index is 0.0185. The van der Waals surface area contributed by atoms with E-state index in [-0.39, 0.29) is 24.3 Å². The molecule has 0 radical (unpaired) electrons. The minimum atomic E-state index is -0.389. The van der Waals surface area contributed by atoms with Gasteiger partial charge in [-0.25, -0.2) is 0 Å². The fraction of sp³-hybridized carbons (Fsp3) is 0.263. The van der Waals surface area contributed by atoms with Crippen molar-refractivity contribution in [3.63, 3.8) is 0 Å². The Balaban J connectivity index is 1.55. The molecule has 0 saturated heterocycles. The topological polar surface area (TPSA) is 67.4 Å². The molecule has 2 aromatic rings. The van der Waals surface area contributed by atoms with Gasteiger partial charge in [-0.1, -0.05) is 55.5 Å². The Hall–Kier alpha value is -2.82. The lowest BCUT2D eigenvalue weighted by molar-refractivity contribution is -0.130. The fourth-order valence-corrected chi connectivity index (χ4v) is 2.54. The number of rotatable bonds is 5. The van der Waals surface area contributed by atoms with Crippen LogP contribution in [0.25, 0.3) is 11.1 Å². The molecule has 5 heteroatoms. The molecule has 1 aliphatic carbocycles. The van der Waals surface area contributed by atoms with E-state index in [1.807, 2.05) is 61.5 Å². The fourth-order valence-electron chi connectivity index (χ4n) is 2.54. The molecule has 5 nitrogen and oxygen atoms in total. The van der Waals surface area contributed by atoms with Gasteiger partial charge in [0.05, 0.1) is 0 Å². The first kappa shape index (κ1) is 16.1. The third-order valence-electron chi connectivity index (χ3n) is 4.10. The van der Waals surface area contributed by atoms with E-state index in [9.17, 15) is 9.59 Å². The maximum absolute atomic E-state index is 11.8. The Morgan fingerprint density at radius 1 is 1.04 bits per heavy atom. The Kier molecular flexibility index (Phi) is 4.79. The summed E-state index contributed by atoms with van der Waals surface area (Å²) in [7, 11) is 0. The van der Waals surface area contributed by atoms with Crippen LogP contribution >= 0.6 is 0 Å². The summed E-state index contributed by atoms with van der Waals surface area (Å²) in [6, 6.07) is 17.4. The van der Waals surface area contributed by atoms with Crippen LogP contribution in [0, 0.1) is 11.8 Å². The molecule has 3 rings (SSSR count). The summed E-state index contributed by atoms with van der Waals surface area (Å²) in [5.41, 5.74) is 6.77.